The SMILES string of the molecule is CCN(CC(C)C)S(=O)(=O)N1CCCC(CN)C1. The third-order valence-electron chi connectivity index (χ3n) is 3.39. The van der Waals surface area contributed by atoms with Gasteiger partial charge >= 0.3 is 0 Å². The van der Waals surface area contributed by atoms with Crippen LogP contribution < -0.4 is 5.73 Å². The zero-order valence-corrected chi connectivity index (χ0v) is 12.6. The molecule has 0 spiro atoms. The van der Waals surface area contributed by atoms with Gasteiger partial charge in [0.2, 0.25) is 0 Å². The molecule has 1 saturated heterocycles. The van der Waals surface area contributed by atoms with Gasteiger partial charge in [-0.3, -0.25) is 0 Å². The summed E-state index contributed by atoms with van der Waals surface area (Å²) in [4.78, 5) is 0. The summed E-state index contributed by atoms with van der Waals surface area (Å²) in [6.07, 6.45) is 1.96. The van der Waals surface area contributed by atoms with E-state index in [9.17, 15) is 8.42 Å². The van der Waals surface area contributed by atoms with Crippen LogP contribution in [-0.4, -0.2) is 49.8 Å². The molecule has 1 rings (SSSR count). The lowest BCUT2D eigenvalue weighted by molar-refractivity contribution is 0.247. The van der Waals surface area contributed by atoms with Crippen molar-refractivity contribution in [2.75, 3.05) is 32.7 Å². The molecule has 5 nitrogen and oxygen atoms in total. The van der Waals surface area contributed by atoms with Gasteiger partial charge < -0.3 is 5.73 Å². The highest BCUT2D eigenvalue weighted by atomic mass is 32.2. The predicted molar refractivity (Wildman–Crippen MR) is 74.4 cm³/mol. The van der Waals surface area contributed by atoms with E-state index in [1.54, 1.807) is 8.61 Å². The fourth-order valence-electron chi connectivity index (χ4n) is 2.39. The maximum atomic E-state index is 12.5. The lowest BCUT2D eigenvalue weighted by Crippen LogP contribution is -2.49. The van der Waals surface area contributed by atoms with E-state index in [0.717, 1.165) is 12.8 Å². The van der Waals surface area contributed by atoms with E-state index in [-0.39, 0.29) is 0 Å². The maximum absolute atomic E-state index is 12.5. The van der Waals surface area contributed by atoms with E-state index in [0.29, 0.717) is 44.6 Å². The Balaban J connectivity index is 2.77. The van der Waals surface area contributed by atoms with Gasteiger partial charge in [0.25, 0.3) is 10.2 Å². The Morgan fingerprint density at radius 3 is 2.61 bits per heavy atom. The molecule has 1 aliphatic rings. The molecule has 1 heterocycles. The van der Waals surface area contributed by atoms with Gasteiger partial charge in [0.15, 0.2) is 0 Å². The van der Waals surface area contributed by atoms with E-state index < -0.39 is 10.2 Å². The molecule has 1 unspecified atom stereocenters. The molecule has 1 atom stereocenters. The molecule has 0 aromatic rings. The van der Waals surface area contributed by atoms with Gasteiger partial charge in [-0.2, -0.15) is 17.0 Å². The summed E-state index contributed by atoms with van der Waals surface area (Å²) in [7, 11) is -3.30. The van der Waals surface area contributed by atoms with Crippen LogP contribution in [0.4, 0.5) is 0 Å². The summed E-state index contributed by atoms with van der Waals surface area (Å²) in [5, 5.41) is 0. The quantitative estimate of drug-likeness (QED) is 0.784. The van der Waals surface area contributed by atoms with Gasteiger partial charge in [-0.15, -0.1) is 0 Å². The largest absolute Gasteiger partial charge is 0.330 e. The Labute approximate surface area is 112 Å². The van der Waals surface area contributed by atoms with Crippen LogP contribution in [0.15, 0.2) is 0 Å². The van der Waals surface area contributed by atoms with Crippen molar-refractivity contribution >= 4 is 10.2 Å². The number of nitrogens with two attached hydrogens (primary N) is 1. The van der Waals surface area contributed by atoms with E-state index in [2.05, 4.69) is 0 Å². The first-order valence-corrected chi connectivity index (χ1v) is 8.26. The Morgan fingerprint density at radius 2 is 2.11 bits per heavy atom. The molecule has 2 N–H and O–H groups in total. The van der Waals surface area contributed by atoms with Crippen LogP contribution in [0.3, 0.4) is 0 Å². The van der Waals surface area contributed by atoms with E-state index in [4.69, 9.17) is 5.73 Å². The second-order valence-electron chi connectivity index (χ2n) is 5.45. The van der Waals surface area contributed by atoms with Crippen LogP contribution in [0, 0.1) is 11.8 Å². The van der Waals surface area contributed by atoms with E-state index in [1.165, 1.54) is 0 Å². The lowest BCUT2D eigenvalue weighted by Gasteiger charge is -2.35. The number of hydrogen-bond donors (Lipinski definition) is 1. The molecule has 1 aliphatic heterocycles. The molecular formula is C12H27N3O2S. The number of piperidine rings is 1. The molecule has 0 bridgehead atoms. The number of rotatable bonds is 6. The normalized spacial score (nSPS) is 22.9. The summed E-state index contributed by atoms with van der Waals surface area (Å²) in [5.74, 6) is 0.654. The van der Waals surface area contributed by atoms with Gasteiger partial charge in [0.05, 0.1) is 0 Å². The summed E-state index contributed by atoms with van der Waals surface area (Å²) in [6, 6.07) is 0. The maximum Gasteiger partial charge on any atom is 0.281 e. The molecule has 0 saturated carbocycles. The zero-order chi connectivity index (χ0) is 13.8. The minimum absolute atomic E-state index is 0.311. The minimum atomic E-state index is -3.30. The Kier molecular flexibility index (Phi) is 6.04. The van der Waals surface area contributed by atoms with Crippen molar-refractivity contribution < 1.29 is 8.42 Å². The Bertz CT molecular complexity index is 343. The van der Waals surface area contributed by atoms with Crippen molar-refractivity contribution in [1.29, 1.82) is 0 Å². The molecule has 6 heteroatoms. The third-order valence-corrected chi connectivity index (χ3v) is 5.43. The van der Waals surface area contributed by atoms with Crippen LogP contribution in [0.25, 0.3) is 0 Å². The van der Waals surface area contributed by atoms with Gasteiger partial charge in [0, 0.05) is 26.2 Å². The van der Waals surface area contributed by atoms with Crippen LogP contribution in [0.1, 0.15) is 33.6 Å². The molecule has 0 aromatic carbocycles. The fourth-order valence-corrected chi connectivity index (χ4v) is 4.28. The molecule has 0 amide bonds. The number of nitrogens with zero attached hydrogens (tertiary/aromatic N) is 2. The van der Waals surface area contributed by atoms with Gasteiger partial charge in [0.1, 0.15) is 0 Å². The predicted octanol–water partition coefficient (Wildman–Crippen LogP) is 0.880. The molecule has 18 heavy (non-hydrogen) atoms. The zero-order valence-electron chi connectivity index (χ0n) is 11.8. The summed E-state index contributed by atoms with van der Waals surface area (Å²) in [5.41, 5.74) is 5.66. The number of hydrogen-bond acceptors (Lipinski definition) is 3. The van der Waals surface area contributed by atoms with Crippen molar-refractivity contribution in [3.63, 3.8) is 0 Å². The second-order valence-corrected chi connectivity index (χ2v) is 7.38. The fraction of sp³-hybridized carbons (Fsp3) is 1.00. The van der Waals surface area contributed by atoms with Crippen LogP contribution in [-0.2, 0) is 10.2 Å². The van der Waals surface area contributed by atoms with Crippen LogP contribution in [0.2, 0.25) is 0 Å². The summed E-state index contributed by atoms with van der Waals surface area (Å²) < 4.78 is 28.2. The smallest absolute Gasteiger partial charge is 0.281 e. The first kappa shape index (κ1) is 15.9. The average Bonchev–Trinajstić information content (AvgIpc) is 2.35. The van der Waals surface area contributed by atoms with Gasteiger partial charge in [-0.25, -0.2) is 0 Å². The highest BCUT2D eigenvalue weighted by molar-refractivity contribution is 7.86. The van der Waals surface area contributed by atoms with Crippen molar-refractivity contribution in [1.82, 2.24) is 8.61 Å². The monoisotopic (exact) mass is 277 g/mol. The third kappa shape index (κ3) is 3.91. The first-order chi connectivity index (χ1) is 8.41. The van der Waals surface area contributed by atoms with Crippen molar-refractivity contribution in [3.8, 4) is 0 Å². The van der Waals surface area contributed by atoms with Crippen molar-refractivity contribution in [3.05, 3.63) is 0 Å². The van der Waals surface area contributed by atoms with Crippen LogP contribution >= 0.6 is 0 Å². The molecule has 0 aliphatic carbocycles. The van der Waals surface area contributed by atoms with Gasteiger partial charge in [-0.05, 0) is 31.2 Å². The molecule has 0 radical (unpaired) electrons. The highest BCUT2D eigenvalue weighted by Crippen LogP contribution is 2.20. The van der Waals surface area contributed by atoms with Crippen molar-refractivity contribution in [2.45, 2.75) is 33.6 Å². The average molecular weight is 277 g/mol. The summed E-state index contributed by atoms with van der Waals surface area (Å²) >= 11 is 0. The molecular weight excluding hydrogens is 250 g/mol. The lowest BCUT2D eigenvalue weighted by atomic mass is 10.0. The summed E-state index contributed by atoms with van der Waals surface area (Å²) in [6.45, 7) is 8.87. The molecule has 0 aromatic heterocycles. The topological polar surface area (TPSA) is 66.6 Å². The van der Waals surface area contributed by atoms with E-state index in [1.807, 2.05) is 20.8 Å². The van der Waals surface area contributed by atoms with E-state index >= 15 is 0 Å². The van der Waals surface area contributed by atoms with Crippen molar-refractivity contribution in [2.24, 2.45) is 17.6 Å². The highest BCUT2D eigenvalue weighted by Gasteiger charge is 2.32. The standard InChI is InChI=1S/C12H27N3O2S/c1-4-14(9-11(2)3)18(16,17)15-7-5-6-12(8-13)10-15/h11-12H,4-10,13H2,1-3H3. The Morgan fingerprint density at radius 1 is 1.44 bits per heavy atom. The van der Waals surface area contributed by atoms with Gasteiger partial charge in [-0.1, -0.05) is 20.8 Å². The van der Waals surface area contributed by atoms with Crippen LogP contribution in [0.5, 0.6) is 0 Å². The Hall–Kier alpha value is -0.170. The first-order valence-electron chi connectivity index (χ1n) is 6.87. The second kappa shape index (κ2) is 6.84. The molecule has 1 fully saturated rings. The molecule has 108 valence electrons. The minimum Gasteiger partial charge on any atom is -0.330 e.